The van der Waals surface area contributed by atoms with E-state index in [4.69, 9.17) is 23.2 Å². The first kappa shape index (κ1) is 17.7. The highest BCUT2D eigenvalue weighted by atomic mass is 35.5. The molecule has 0 spiro atoms. The molecular formula is C17H19Cl2N3O. The number of nitrogens with one attached hydrogen (secondary N) is 2. The second-order valence-corrected chi connectivity index (χ2v) is 6.45. The van der Waals surface area contributed by atoms with Crippen molar-refractivity contribution in [2.45, 2.75) is 44.6 Å². The van der Waals surface area contributed by atoms with Gasteiger partial charge in [-0.2, -0.15) is 5.26 Å². The molecule has 0 heterocycles. The average molecular weight is 352 g/mol. The summed E-state index contributed by atoms with van der Waals surface area (Å²) in [5.41, 5.74) is 0.456. The first-order valence-electron chi connectivity index (χ1n) is 7.73. The third kappa shape index (κ3) is 5.46. The minimum absolute atomic E-state index is 0.0280. The molecule has 0 unspecified atom stereocenters. The standard InChI is InChI=1S/C17H19Cl2N3O/c18-13-7-8-16(15(19)9-13)22-17(23)12(10-20)11-21-14-5-3-1-2-4-6-14/h7-9,11,14,21H,1-6H2,(H,22,23)/b12-11-. The largest absolute Gasteiger partial charge is 0.387 e. The van der Waals surface area contributed by atoms with Gasteiger partial charge < -0.3 is 10.6 Å². The third-order valence-electron chi connectivity index (χ3n) is 3.86. The molecule has 0 aromatic heterocycles. The van der Waals surface area contributed by atoms with Gasteiger partial charge in [0.25, 0.3) is 5.91 Å². The molecule has 1 saturated carbocycles. The van der Waals surface area contributed by atoms with Gasteiger partial charge in [0.2, 0.25) is 0 Å². The van der Waals surface area contributed by atoms with E-state index in [9.17, 15) is 10.1 Å². The zero-order chi connectivity index (χ0) is 16.7. The van der Waals surface area contributed by atoms with E-state index < -0.39 is 5.91 Å². The van der Waals surface area contributed by atoms with Crippen LogP contribution in [0.4, 0.5) is 5.69 Å². The van der Waals surface area contributed by atoms with E-state index in [1.807, 2.05) is 6.07 Å². The van der Waals surface area contributed by atoms with E-state index in [2.05, 4.69) is 10.6 Å². The van der Waals surface area contributed by atoms with Gasteiger partial charge in [0, 0.05) is 17.3 Å². The highest BCUT2D eigenvalue weighted by Gasteiger charge is 2.14. The maximum atomic E-state index is 12.2. The summed E-state index contributed by atoms with van der Waals surface area (Å²) in [5.74, 6) is -0.488. The molecule has 0 atom stereocenters. The van der Waals surface area contributed by atoms with Gasteiger partial charge in [-0.3, -0.25) is 4.79 Å². The second kappa shape index (κ2) is 8.81. The van der Waals surface area contributed by atoms with E-state index >= 15 is 0 Å². The van der Waals surface area contributed by atoms with Gasteiger partial charge in [0.1, 0.15) is 11.6 Å². The molecule has 1 aromatic rings. The molecule has 0 radical (unpaired) electrons. The summed E-state index contributed by atoms with van der Waals surface area (Å²) in [6.07, 6.45) is 8.51. The van der Waals surface area contributed by atoms with Crippen molar-refractivity contribution >= 4 is 34.8 Å². The first-order chi connectivity index (χ1) is 11.1. The van der Waals surface area contributed by atoms with Crippen LogP contribution in [0.2, 0.25) is 10.0 Å². The van der Waals surface area contributed by atoms with Crippen molar-refractivity contribution in [1.29, 1.82) is 5.26 Å². The molecule has 1 amide bonds. The van der Waals surface area contributed by atoms with Crippen LogP contribution in [-0.2, 0) is 4.79 Å². The van der Waals surface area contributed by atoms with Crippen molar-refractivity contribution in [2.75, 3.05) is 5.32 Å². The van der Waals surface area contributed by atoms with Gasteiger partial charge >= 0.3 is 0 Å². The first-order valence-corrected chi connectivity index (χ1v) is 8.48. The Labute approximate surface area is 146 Å². The summed E-state index contributed by atoms with van der Waals surface area (Å²) in [7, 11) is 0. The van der Waals surface area contributed by atoms with Crippen LogP contribution in [0.25, 0.3) is 0 Å². The van der Waals surface area contributed by atoms with E-state index in [1.54, 1.807) is 12.1 Å². The minimum atomic E-state index is -0.488. The summed E-state index contributed by atoms with van der Waals surface area (Å²) in [5, 5.41) is 15.8. The topological polar surface area (TPSA) is 64.9 Å². The molecular weight excluding hydrogens is 333 g/mol. The lowest BCUT2D eigenvalue weighted by Crippen LogP contribution is -2.25. The van der Waals surface area contributed by atoms with Gasteiger partial charge in [-0.1, -0.05) is 48.9 Å². The summed E-state index contributed by atoms with van der Waals surface area (Å²) >= 11 is 11.8. The number of nitrogens with zero attached hydrogens (tertiary/aromatic N) is 1. The monoisotopic (exact) mass is 351 g/mol. The summed E-state index contributed by atoms with van der Waals surface area (Å²) < 4.78 is 0. The number of hydrogen-bond acceptors (Lipinski definition) is 3. The fourth-order valence-corrected chi connectivity index (χ4v) is 3.03. The van der Waals surface area contributed by atoms with Crippen molar-refractivity contribution in [3.8, 4) is 6.07 Å². The van der Waals surface area contributed by atoms with Crippen molar-refractivity contribution < 1.29 is 4.79 Å². The van der Waals surface area contributed by atoms with Gasteiger partial charge in [-0.05, 0) is 31.0 Å². The SMILES string of the molecule is N#C/C(=C/NC1CCCCCC1)C(=O)Nc1ccc(Cl)cc1Cl. The number of hydrogen-bond donors (Lipinski definition) is 2. The Hall–Kier alpha value is -1.70. The molecule has 2 rings (SSSR count). The Balaban J connectivity index is 2.00. The van der Waals surface area contributed by atoms with Crippen LogP contribution in [0.3, 0.4) is 0 Å². The Morgan fingerprint density at radius 1 is 1.22 bits per heavy atom. The number of carbonyl (C=O) groups is 1. The molecule has 2 N–H and O–H groups in total. The summed E-state index contributed by atoms with van der Waals surface area (Å²) in [4.78, 5) is 12.2. The predicted octanol–water partition coefficient (Wildman–Crippen LogP) is 4.65. The lowest BCUT2D eigenvalue weighted by Gasteiger charge is -2.14. The maximum Gasteiger partial charge on any atom is 0.267 e. The van der Waals surface area contributed by atoms with Crippen molar-refractivity contribution in [2.24, 2.45) is 0 Å². The summed E-state index contributed by atoms with van der Waals surface area (Å²) in [6.45, 7) is 0. The molecule has 122 valence electrons. The van der Waals surface area contributed by atoms with Crippen LogP contribution in [0, 0.1) is 11.3 Å². The average Bonchev–Trinajstić information content (AvgIpc) is 2.79. The molecule has 23 heavy (non-hydrogen) atoms. The Morgan fingerprint density at radius 3 is 2.52 bits per heavy atom. The molecule has 0 aliphatic heterocycles. The van der Waals surface area contributed by atoms with E-state index in [-0.39, 0.29) is 5.57 Å². The van der Waals surface area contributed by atoms with Crippen molar-refractivity contribution in [1.82, 2.24) is 5.32 Å². The van der Waals surface area contributed by atoms with Crippen LogP contribution in [0.1, 0.15) is 38.5 Å². The maximum absolute atomic E-state index is 12.2. The van der Waals surface area contributed by atoms with Crippen LogP contribution >= 0.6 is 23.2 Å². The van der Waals surface area contributed by atoms with E-state index in [1.165, 1.54) is 37.9 Å². The van der Waals surface area contributed by atoms with E-state index in [0.29, 0.717) is 21.8 Å². The lowest BCUT2D eigenvalue weighted by molar-refractivity contribution is -0.112. The smallest absolute Gasteiger partial charge is 0.267 e. The molecule has 4 nitrogen and oxygen atoms in total. The number of halogens is 2. The zero-order valence-corrected chi connectivity index (χ0v) is 14.3. The minimum Gasteiger partial charge on any atom is -0.387 e. The van der Waals surface area contributed by atoms with Crippen LogP contribution in [-0.4, -0.2) is 11.9 Å². The predicted molar refractivity (Wildman–Crippen MR) is 93.4 cm³/mol. The Kier molecular flexibility index (Phi) is 6.76. The van der Waals surface area contributed by atoms with Crippen molar-refractivity contribution in [3.63, 3.8) is 0 Å². The highest BCUT2D eigenvalue weighted by molar-refractivity contribution is 6.36. The molecule has 0 bridgehead atoms. The molecule has 1 aromatic carbocycles. The Bertz CT molecular complexity index is 629. The number of amides is 1. The number of carbonyl (C=O) groups excluding carboxylic acids is 1. The third-order valence-corrected chi connectivity index (χ3v) is 4.41. The number of anilines is 1. The van der Waals surface area contributed by atoms with Gasteiger partial charge in [-0.15, -0.1) is 0 Å². The number of benzene rings is 1. The quantitative estimate of drug-likeness (QED) is 0.471. The molecule has 6 heteroatoms. The molecule has 1 fully saturated rings. The Morgan fingerprint density at radius 2 is 1.91 bits per heavy atom. The van der Waals surface area contributed by atoms with Gasteiger partial charge in [0.05, 0.1) is 10.7 Å². The normalized spacial score (nSPS) is 16.3. The second-order valence-electron chi connectivity index (χ2n) is 5.60. The van der Waals surface area contributed by atoms with E-state index in [0.717, 1.165) is 12.8 Å². The zero-order valence-electron chi connectivity index (χ0n) is 12.7. The van der Waals surface area contributed by atoms with Crippen molar-refractivity contribution in [3.05, 3.63) is 40.0 Å². The van der Waals surface area contributed by atoms with Crippen LogP contribution < -0.4 is 10.6 Å². The fourth-order valence-electron chi connectivity index (χ4n) is 2.58. The highest BCUT2D eigenvalue weighted by Crippen LogP contribution is 2.25. The summed E-state index contributed by atoms with van der Waals surface area (Å²) in [6, 6.07) is 7.03. The van der Waals surface area contributed by atoms with Gasteiger partial charge in [0.15, 0.2) is 0 Å². The number of rotatable bonds is 4. The lowest BCUT2D eigenvalue weighted by atomic mass is 10.1. The number of nitriles is 1. The molecule has 0 saturated heterocycles. The van der Waals surface area contributed by atoms with Crippen LogP contribution in [0.15, 0.2) is 30.0 Å². The fraction of sp³-hybridized carbons (Fsp3) is 0.412. The molecule has 1 aliphatic rings. The van der Waals surface area contributed by atoms with Gasteiger partial charge in [-0.25, -0.2) is 0 Å². The molecule has 1 aliphatic carbocycles. The van der Waals surface area contributed by atoms with Crippen LogP contribution in [0.5, 0.6) is 0 Å².